The summed E-state index contributed by atoms with van der Waals surface area (Å²) in [5.74, 6) is 0.300. The molecule has 5 heteroatoms. The van der Waals surface area contributed by atoms with Gasteiger partial charge in [0.15, 0.2) is 0 Å². The molecule has 3 rings (SSSR count). The van der Waals surface area contributed by atoms with E-state index >= 15 is 0 Å². The predicted molar refractivity (Wildman–Crippen MR) is 95.9 cm³/mol. The van der Waals surface area contributed by atoms with Gasteiger partial charge in [-0.1, -0.05) is 0 Å². The number of piperidine rings is 2. The highest BCUT2D eigenvalue weighted by molar-refractivity contribution is 5.46. The summed E-state index contributed by atoms with van der Waals surface area (Å²) < 4.78 is 13.0. The molecule has 1 aromatic rings. The van der Waals surface area contributed by atoms with Crippen molar-refractivity contribution in [3.63, 3.8) is 0 Å². The van der Waals surface area contributed by atoms with Crippen LogP contribution in [0.3, 0.4) is 0 Å². The molecule has 0 amide bonds. The second-order valence-corrected chi connectivity index (χ2v) is 7.18. The summed E-state index contributed by atoms with van der Waals surface area (Å²) in [5, 5.41) is 13.0. The summed E-state index contributed by atoms with van der Waals surface area (Å²) in [6.07, 6.45) is 4.65. The minimum atomic E-state index is -0.170. The maximum absolute atomic E-state index is 13.0. The Bertz CT molecular complexity index is 488. The van der Waals surface area contributed by atoms with Crippen molar-refractivity contribution in [3.05, 3.63) is 30.1 Å². The molecule has 0 radical (unpaired) electrons. The van der Waals surface area contributed by atoms with Crippen molar-refractivity contribution < 1.29 is 9.50 Å². The van der Waals surface area contributed by atoms with E-state index in [1.165, 1.54) is 31.5 Å². The van der Waals surface area contributed by atoms with Crippen molar-refractivity contribution in [1.29, 1.82) is 0 Å². The van der Waals surface area contributed by atoms with Gasteiger partial charge in [0.25, 0.3) is 0 Å². The number of aliphatic hydroxyl groups is 1. The van der Waals surface area contributed by atoms with Gasteiger partial charge in [0.05, 0.1) is 0 Å². The number of aliphatic hydroxyl groups excluding tert-OH is 1. The molecule has 134 valence electrons. The zero-order chi connectivity index (χ0) is 16.8. The molecule has 2 aliphatic rings. The summed E-state index contributed by atoms with van der Waals surface area (Å²) in [7, 11) is 0. The lowest BCUT2D eigenvalue weighted by Gasteiger charge is -2.35. The lowest BCUT2D eigenvalue weighted by molar-refractivity contribution is 0.120. The first-order valence-corrected chi connectivity index (χ1v) is 9.31. The van der Waals surface area contributed by atoms with Gasteiger partial charge in [-0.2, -0.15) is 0 Å². The quantitative estimate of drug-likeness (QED) is 0.835. The van der Waals surface area contributed by atoms with Gasteiger partial charge in [0, 0.05) is 51.1 Å². The number of hydrogen-bond donors (Lipinski definition) is 2. The molecule has 0 bridgehead atoms. The Kier molecular flexibility index (Phi) is 6.46. The van der Waals surface area contributed by atoms with Crippen LogP contribution in [0.4, 0.5) is 10.1 Å². The lowest BCUT2D eigenvalue weighted by atomic mass is 9.99. The molecule has 0 unspecified atom stereocenters. The van der Waals surface area contributed by atoms with E-state index in [1.54, 1.807) is 0 Å². The number of halogens is 1. The second-order valence-electron chi connectivity index (χ2n) is 7.18. The van der Waals surface area contributed by atoms with Gasteiger partial charge in [-0.05, 0) is 62.4 Å². The summed E-state index contributed by atoms with van der Waals surface area (Å²) in [4.78, 5) is 4.82. The molecule has 0 aliphatic carbocycles. The van der Waals surface area contributed by atoms with E-state index < -0.39 is 0 Å². The highest BCUT2D eigenvalue weighted by atomic mass is 19.1. The Morgan fingerprint density at radius 2 is 1.83 bits per heavy atom. The maximum atomic E-state index is 13.0. The molecule has 0 aromatic heterocycles. The Morgan fingerprint density at radius 1 is 1.08 bits per heavy atom. The monoisotopic (exact) mass is 335 g/mol. The van der Waals surface area contributed by atoms with E-state index in [4.69, 9.17) is 0 Å². The highest BCUT2D eigenvalue weighted by Gasteiger charge is 2.21. The van der Waals surface area contributed by atoms with Crippen LogP contribution in [-0.2, 0) is 0 Å². The third-order valence-corrected chi connectivity index (χ3v) is 5.41. The number of anilines is 1. The largest absolute Gasteiger partial charge is 0.396 e. The van der Waals surface area contributed by atoms with Crippen LogP contribution in [0, 0.1) is 11.7 Å². The van der Waals surface area contributed by atoms with Crippen molar-refractivity contribution >= 4 is 5.69 Å². The van der Waals surface area contributed by atoms with Crippen LogP contribution in [0.25, 0.3) is 0 Å². The van der Waals surface area contributed by atoms with Gasteiger partial charge in [-0.3, -0.25) is 0 Å². The molecule has 1 aromatic carbocycles. The van der Waals surface area contributed by atoms with E-state index in [1.807, 2.05) is 12.1 Å². The first-order chi connectivity index (χ1) is 11.7. The van der Waals surface area contributed by atoms with Gasteiger partial charge in [0.1, 0.15) is 5.82 Å². The van der Waals surface area contributed by atoms with E-state index in [0.29, 0.717) is 18.6 Å². The van der Waals surface area contributed by atoms with Crippen LogP contribution in [0.2, 0.25) is 0 Å². The summed E-state index contributed by atoms with van der Waals surface area (Å²) in [6, 6.07) is 7.41. The van der Waals surface area contributed by atoms with Gasteiger partial charge >= 0.3 is 0 Å². The Morgan fingerprint density at radius 3 is 2.54 bits per heavy atom. The van der Waals surface area contributed by atoms with E-state index in [9.17, 15) is 9.50 Å². The number of likely N-dealkylation sites (tertiary alicyclic amines) is 1. The van der Waals surface area contributed by atoms with Crippen LogP contribution in [0.5, 0.6) is 0 Å². The molecule has 2 saturated heterocycles. The molecule has 2 heterocycles. The number of rotatable bonds is 6. The van der Waals surface area contributed by atoms with Crippen LogP contribution in [-0.4, -0.2) is 61.9 Å². The molecule has 2 N–H and O–H groups in total. The summed E-state index contributed by atoms with van der Waals surface area (Å²) in [6.45, 7) is 6.70. The minimum absolute atomic E-state index is 0.170. The summed E-state index contributed by atoms with van der Waals surface area (Å²) in [5.41, 5.74) is 1.12. The standard InChI is InChI=1S/C19H30FN3O/c20-17-3-5-19(6-4-17)23-11-7-18(8-12-23)21-9-13-22-10-1-2-16(14-22)15-24/h3-6,16,18,21,24H,1-2,7-15H2/t16-/m0/s1. The molecule has 0 saturated carbocycles. The van der Waals surface area contributed by atoms with Gasteiger partial charge in [0.2, 0.25) is 0 Å². The van der Waals surface area contributed by atoms with E-state index in [2.05, 4.69) is 15.1 Å². The molecular weight excluding hydrogens is 305 g/mol. The Balaban J connectivity index is 1.34. The zero-order valence-electron chi connectivity index (χ0n) is 14.5. The molecule has 2 aliphatic heterocycles. The third kappa shape index (κ3) is 4.91. The zero-order valence-corrected chi connectivity index (χ0v) is 14.5. The second kappa shape index (κ2) is 8.79. The fourth-order valence-corrected chi connectivity index (χ4v) is 3.92. The number of nitrogens with one attached hydrogen (secondary N) is 1. The van der Waals surface area contributed by atoms with E-state index in [0.717, 1.165) is 51.3 Å². The van der Waals surface area contributed by atoms with Crippen LogP contribution >= 0.6 is 0 Å². The van der Waals surface area contributed by atoms with Gasteiger partial charge in [-0.15, -0.1) is 0 Å². The predicted octanol–water partition coefficient (Wildman–Crippen LogP) is 2.09. The molecular formula is C19H30FN3O. The van der Waals surface area contributed by atoms with Crippen LogP contribution in [0.15, 0.2) is 24.3 Å². The summed E-state index contributed by atoms with van der Waals surface area (Å²) >= 11 is 0. The van der Waals surface area contributed by atoms with Crippen molar-refractivity contribution in [1.82, 2.24) is 10.2 Å². The van der Waals surface area contributed by atoms with Crippen molar-refractivity contribution in [2.24, 2.45) is 5.92 Å². The fourth-order valence-electron chi connectivity index (χ4n) is 3.92. The first kappa shape index (κ1) is 17.6. The van der Waals surface area contributed by atoms with Crippen LogP contribution in [0.1, 0.15) is 25.7 Å². The van der Waals surface area contributed by atoms with Crippen molar-refractivity contribution in [2.75, 3.05) is 50.8 Å². The SMILES string of the molecule is OC[C@H]1CCCN(CCNC2CCN(c3ccc(F)cc3)CC2)C1. The van der Waals surface area contributed by atoms with Crippen LogP contribution < -0.4 is 10.2 Å². The molecule has 0 spiro atoms. The minimum Gasteiger partial charge on any atom is -0.396 e. The normalized spacial score (nSPS) is 23.6. The average molecular weight is 335 g/mol. The maximum Gasteiger partial charge on any atom is 0.123 e. The van der Waals surface area contributed by atoms with Crippen molar-refractivity contribution in [2.45, 2.75) is 31.7 Å². The fraction of sp³-hybridized carbons (Fsp3) is 0.684. The first-order valence-electron chi connectivity index (χ1n) is 9.31. The Hall–Kier alpha value is -1.17. The topological polar surface area (TPSA) is 38.7 Å². The van der Waals surface area contributed by atoms with Gasteiger partial charge < -0.3 is 20.2 Å². The smallest absolute Gasteiger partial charge is 0.123 e. The Labute approximate surface area is 144 Å². The number of nitrogens with zero attached hydrogens (tertiary/aromatic N) is 2. The molecule has 24 heavy (non-hydrogen) atoms. The van der Waals surface area contributed by atoms with E-state index in [-0.39, 0.29) is 5.82 Å². The molecule has 2 fully saturated rings. The highest BCUT2D eigenvalue weighted by Crippen LogP contribution is 2.20. The third-order valence-electron chi connectivity index (χ3n) is 5.41. The molecule has 4 nitrogen and oxygen atoms in total. The number of benzene rings is 1. The van der Waals surface area contributed by atoms with Gasteiger partial charge in [-0.25, -0.2) is 4.39 Å². The van der Waals surface area contributed by atoms with Crippen molar-refractivity contribution in [3.8, 4) is 0 Å². The average Bonchev–Trinajstić information content (AvgIpc) is 2.63. The molecule has 1 atom stereocenters. The lowest BCUT2D eigenvalue weighted by Crippen LogP contribution is -2.46. The number of hydrogen-bond acceptors (Lipinski definition) is 4.